The van der Waals surface area contributed by atoms with E-state index >= 15 is 0 Å². The Bertz CT molecular complexity index is 940. The van der Waals surface area contributed by atoms with Crippen molar-refractivity contribution in [3.05, 3.63) is 53.4 Å². The fourth-order valence-corrected chi connectivity index (χ4v) is 2.75. The number of hydrogen-bond acceptors (Lipinski definition) is 2. The lowest BCUT2D eigenvalue weighted by molar-refractivity contribution is 1.14. The van der Waals surface area contributed by atoms with Crippen molar-refractivity contribution in [2.24, 2.45) is 0 Å². The van der Waals surface area contributed by atoms with E-state index in [0.29, 0.717) is 10.8 Å². The van der Waals surface area contributed by atoms with Crippen molar-refractivity contribution in [3.63, 3.8) is 0 Å². The van der Waals surface area contributed by atoms with Gasteiger partial charge in [0.05, 0.1) is 11.0 Å². The lowest BCUT2D eigenvalue weighted by Crippen LogP contribution is -1.95. The molecule has 2 aromatic heterocycles. The molecule has 92 valence electrons. The highest BCUT2D eigenvalue weighted by Crippen LogP contribution is 2.26. The number of hydrogen-bond donors (Lipinski definition) is 0. The summed E-state index contributed by atoms with van der Waals surface area (Å²) < 4.78 is 2.05. The van der Waals surface area contributed by atoms with Crippen LogP contribution in [0.25, 0.3) is 27.5 Å². The first-order valence-corrected chi connectivity index (χ1v) is 6.44. The Labute approximate surface area is 114 Å². The van der Waals surface area contributed by atoms with Gasteiger partial charge in [-0.1, -0.05) is 35.9 Å². The predicted molar refractivity (Wildman–Crippen MR) is 77.7 cm³/mol. The summed E-state index contributed by atoms with van der Waals surface area (Å²) in [6.45, 7) is 2.02. The Hall–Kier alpha value is -2.13. The maximum atomic E-state index is 6.21. The minimum absolute atomic E-state index is 0.441. The summed E-state index contributed by atoms with van der Waals surface area (Å²) in [4.78, 5) is 8.77. The Morgan fingerprint density at radius 3 is 2.63 bits per heavy atom. The van der Waals surface area contributed by atoms with Crippen LogP contribution in [-0.4, -0.2) is 14.4 Å². The lowest BCUT2D eigenvalue weighted by atomic mass is 10.1. The molecular formula is C15H10ClN3. The van der Waals surface area contributed by atoms with Crippen molar-refractivity contribution in [2.75, 3.05) is 0 Å². The molecule has 0 bridgehead atoms. The van der Waals surface area contributed by atoms with Crippen LogP contribution in [0.1, 0.15) is 5.69 Å². The quantitative estimate of drug-likeness (QED) is 0.451. The SMILES string of the molecule is Cc1cnc2c(Cl)nc3cc4ccccc4cc3n12. The summed E-state index contributed by atoms with van der Waals surface area (Å²) in [5.41, 5.74) is 3.69. The van der Waals surface area contributed by atoms with E-state index in [4.69, 9.17) is 11.6 Å². The fourth-order valence-electron chi connectivity index (χ4n) is 2.53. The average molecular weight is 268 g/mol. The summed E-state index contributed by atoms with van der Waals surface area (Å²) in [7, 11) is 0. The molecule has 0 aliphatic carbocycles. The van der Waals surface area contributed by atoms with Crippen LogP contribution in [0.4, 0.5) is 0 Å². The van der Waals surface area contributed by atoms with E-state index in [1.807, 2.05) is 25.3 Å². The maximum Gasteiger partial charge on any atom is 0.175 e. The van der Waals surface area contributed by atoms with E-state index in [-0.39, 0.29) is 0 Å². The van der Waals surface area contributed by atoms with Crippen molar-refractivity contribution in [1.82, 2.24) is 14.4 Å². The molecule has 2 heterocycles. The number of benzene rings is 2. The topological polar surface area (TPSA) is 30.2 Å². The van der Waals surface area contributed by atoms with Gasteiger partial charge in [-0.15, -0.1) is 0 Å². The first-order valence-electron chi connectivity index (χ1n) is 6.06. The van der Waals surface area contributed by atoms with Gasteiger partial charge in [0.25, 0.3) is 0 Å². The second kappa shape index (κ2) is 3.68. The molecule has 0 atom stereocenters. The molecule has 0 aliphatic heterocycles. The van der Waals surface area contributed by atoms with E-state index in [2.05, 4.69) is 38.6 Å². The van der Waals surface area contributed by atoms with Crippen LogP contribution >= 0.6 is 11.6 Å². The number of aromatic nitrogens is 3. The van der Waals surface area contributed by atoms with Crippen molar-refractivity contribution in [1.29, 1.82) is 0 Å². The number of halogens is 1. The van der Waals surface area contributed by atoms with Gasteiger partial charge in [-0.25, -0.2) is 9.97 Å². The zero-order chi connectivity index (χ0) is 13.0. The molecule has 4 aromatic rings. The van der Waals surface area contributed by atoms with Crippen LogP contribution in [0.3, 0.4) is 0 Å². The van der Waals surface area contributed by atoms with Gasteiger partial charge in [-0.3, -0.25) is 4.40 Å². The third-order valence-electron chi connectivity index (χ3n) is 3.43. The minimum atomic E-state index is 0.441. The lowest BCUT2D eigenvalue weighted by Gasteiger charge is -2.07. The van der Waals surface area contributed by atoms with Crippen LogP contribution < -0.4 is 0 Å². The molecular weight excluding hydrogens is 258 g/mol. The number of aryl methyl sites for hydroxylation is 1. The van der Waals surface area contributed by atoms with E-state index in [1.165, 1.54) is 5.39 Å². The smallest absolute Gasteiger partial charge is 0.175 e. The van der Waals surface area contributed by atoms with Gasteiger partial charge < -0.3 is 0 Å². The fraction of sp³-hybridized carbons (Fsp3) is 0.0667. The molecule has 0 spiro atoms. The van der Waals surface area contributed by atoms with E-state index in [1.54, 1.807) is 0 Å². The molecule has 0 saturated carbocycles. The summed E-state index contributed by atoms with van der Waals surface area (Å²) in [6, 6.07) is 12.4. The molecule has 4 heteroatoms. The van der Waals surface area contributed by atoms with Gasteiger partial charge in [0, 0.05) is 11.9 Å². The van der Waals surface area contributed by atoms with Crippen molar-refractivity contribution in [3.8, 4) is 0 Å². The zero-order valence-electron chi connectivity index (χ0n) is 10.3. The Morgan fingerprint density at radius 1 is 1.11 bits per heavy atom. The Balaban J connectivity index is 2.31. The second-order valence-corrected chi connectivity index (χ2v) is 5.01. The highest BCUT2D eigenvalue weighted by Gasteiger charge is 2.10. The van der Waals surface area contributed by atoms with Gasteiger partial charge in [-0.05, 0) is 29.8 Å². The molecule has 0 N–H and O–H groups in total. The molecule has 0 radical (unpaired) electrons. The molecule has 0 unspecified atom stereocenters. The third kappa shape index (κ3) is 1.45. The molecule has 0 amide bonds. The summed E-state index contributed by atoms with van der Waals surface area (Å²) >= 11 is 6.21. The third-order valence-corrected chi connectivity index (χ3v) is 3.68. The Kier molecular flexibility index (Phi) is 2.09. The van der Waals surface area contributed by atoms with Crippen LogP contribution in [0.5, 0.6) is 0 Å². The summed E-state index contributed by atoms with van der Waals surface area (Å²) in [5.74, 6) is 0. The van der Waals surface area contributed by atoms with Crippen molar-refractivity contribution < 1.29 is 0 Å². The maximum absolute atomic E-state index is 6.21. The predicted octanol–water partition coefficient (Wildman–Crippen LogP) is 4.00. The van der Waals surface area contributed by atoms with Crippen LogP contribution in [0.2, 0.25) is 5.15 Å². The summed E-state index contributed by atoms with van der Waals surface area (Å²) in [6.07, 6.45) is 1.82. The molecule has 19 heavy (non-hydrogen) atoms. The van der Waals surface area contributed by atoms with Gasteiger partial charge in [0.2, 0.25) is 0 Å². The van der Waals surface area contributed by atoms with Gasteiger partial charge in [0.1, 0.15) is 0 Å². The number of fused-ring (bicyclic) bond motifs is 4. The van der Waals surface area contributed by atoms with Crippen molar-refractivity contribution in [2.45, 2.75) is 6.92 Å². The molecule has 0 fully saturated rings. The Morgan fingerprint density at radius 2 is 1.84 bits per heavy atom. The molecule has 4 rings (SSSR count). The molecule has 0 aliphatic rings. The highest BCUT2D eigenvalue weighted by atomic mass is 35.5. The molecule has 3 nitrogen and oxygen atoms in total. The normalized spacial score (nSPS) is 11.7. The minimum Gasteiger partial charge on any atom is -0.293 e. The highest BCUT2D eigenvalue weighted by molar-refractivity contribution is 6.32. The van der Waals surface area contributed by atoms with E-state index in [0.717, 1.165) is 22.1 Å². The first kappa shape index (κ1) is 10.8. The number of nitrogens with zero attached hydrogens (tertiary/aromatic N) is 3. The van der Waals surface area contributed by atoms with E-state index in [9.17, 15) is 0 Å². The standard InChI is InChI=1S/C15H10ClN3/c1-9-8-17-15-14(16)18-12-6-10-4-2-3-5-11(10)7-13(12)19(9)15/h2-8H,1H3. The average Bonchev–Trinajstić information content (AvgIpc) is 2.80. The first-order chi connectivity index (χ1) is 9.24. The van der Waals surface area contributed by atoms with Gasteiger partial charge >= 0.3 is 0 Å². The molecule has 2 aromatic carbocycles. The second-order valence-electron chi connectivity index (χ2n) is 4.65. The monoisotopic (exact) mass is 267 g/mol. The van der Waals surface area contributed by atoms with Gasteiger partial charge in [-0.2, -0.15) is 0 Å². The van der Waals surface area contributed by atoms with Gasteiger partial charge in [0.15, 0.2) is 10.8 Å². The summed E-state index contributed by atoms with van der Waals surface area (Å²) in [5, 5.41) is 2.79. The van der Waals surface area contributed by atoms with Crippen LogP contribution in [0, 0.1) is 6.92 Å². The van der Waals surface area contributed by atoms with Crippen LogP contribution in [-0.2, 0) is 0 Å². The van der Waals surface area contributed by atoms with Crippen molar-refractivity contribution >= 4 is 39.1 Å². The number of rotatable bonds is 0. The zero-order valence-corrected chi connectivity index (χ0v) is 11.0. The van der Waals surface area contributed by atoms with E-state index < -0.39 is 0 Å². The largest absolute Gasteiger partial charge is 0.293 e. The number of imidazole rings is 1. The van der Waals surface area contributed by atoms with Crippen LogP contribution in [0.15, 0.2) is 42.6 Å². The molecule has 0 saturated heterocycles.